The second kappa shape index (κ2) is 14.5. The van der Waals surface area contributed by atoms with Gasteiger partial charge in [0.05, 0.1) is 10.6 Å². The number of hydrogen-bond acceptors (Lipinski definition) is 4. The molecule has 236 valence electrons. The summed E-state index contributed by atoms with van der Waals surface area (Å²) >= 11 is 12.7. The number of aryl methyl sites for hydroxylation is 1. The van der Waals surface area contributed by atoms with Crippen LogP contribution >= 0.6 is 23.2 Å². The number of hydrogen-bond donors (Lipinski definition) is 1. The number of carbonyl (C=O) groups excluding carboxylic acids is 2. The molecule has 4 aromatic carbocycles. The van der Waals surface area contributed by atoms with Crippen LogP contribution in [0.2, 0.25) is 10.0 Å². The van der Waals surface area contributed by atoms with Crippen LogP contribution in [0.25, 0.3) is 0 Å². The molecule has 0 saturated carbocycles. The summed E-state index contributed by atoms with van der Waals surface area (Å²) in [7, 11) is -4.22. The van der Waals surface area contributed by atoms with Crippen molar-refractivity contribution in [2.75, 3.05) is 10.8 Å². The van der Waals surface area contributed by atoms with Gasteiger partial charge < -0.3 is 10.2 Å². The number of halogens is 2. The minimum atomic E-state index is -4.22. The molecule has 0 fully saturated rings. The molecule has 10 heteroatoms. The van der Waals surface area contributed by atoms with E-state index in [1.165, 1.54) is 23.1 Å². The van der Waals surface area contributed by atoms with Gasteiger partial charge in [-0.3, -0.25) is 13.9 Å². The summed E-state index contributed by atoms with van der Waals surface area (Å²) in [4.78, 5) is 29.9. The molecule has 0 spiro atoms. The molecular weight excluding hydrogens is 629 g/mol. The number of anilines is 1. The normalized spacial score (nSPS) is 12.3. The molecular formula is C35H37Cl2N3O4S. The number of nitrogens with one attached hydrogen (secondary N) is 1. The molecule has 0 radical (unpaired) electrons. The Morgan fingerprint density at radius 3 is 2.04 bits per heavy atom. The second-order valence-corrected chi connectivity index (χ2v) is 14.6. The molecule has 0 aliphatic heterocycles. The van der Waals surface area contributed by atoms with Crippen LogP contribution in [0.3, 0.4) is 0 Å². The third-order valence-corrected chi connectivity index (χ3v) is 9.50. The lowest BCUT2D eigenvalue weighted by atomic mass is 10.0. The standard InChI is InChI=1S/C35H37Cl2N3O4S/c1-25-18-19-29(22-31(25)37)40(45(43,44)30-16-9-6-10-17-30)24-33(41)39(23-27-14-11-15-28(36)20-27)32(34(42)38-35(2,3)4)21-26-12-7-5-8-13-26/h5-20,22,32H,21,23-24H2,1-4H3,(H,38,42). The van der Waals surface area contributed by atoms with E-state index >= 15 is 0 Å². The van der Waals surface area contributed by atoms with Crippen LogP contribution in [0, 0.1) is 6.92 Å². The molecule has 0 bridgehead atoms. The number of nitrogens with zero attached hydrogens (tertiary/aromatic N) is 2. The van der Waals surface area contributed by atoms with Gasteiger partial charge in [-0.05, 0) is 80.8 Å². The monoisotopic (exact) mass is 665 g/mol. The number of carbonyl (C=O) groups is 2. The summed E-state index contributed by atoms with van der Waals surface area (Å²) in [6, 6.07) is 28.2. The maximum atomic E-state index is 14.5. The van der Waals surface area contributed by atoms with E-state index in [9.17, 15) is 18.0 Å². The average molecular weight is 667 g/mol. The minimum Gasteiger partial charge on any atom is -0.350 e. The molecule has 0 aliphatic rings. The molecule has 45 heavy (non-hydrogen) atoms. The van der Waals surface area contributed by atoms with E-state index in [-0.39, 0.29) is 29.5 Å². The summed E-state index contributed by atoms with van der Waals surface area (Å²) in [6.07, 6.45) is 0.205. The van der Waals surface area contributed by atoms with Gasteiger partial charge in [0.1, 0.15) is 12.6 Å². The van der Waals surface area contributed by atoms with Crippen LogP contribution in [0.15, 0.2) is 108 Å². The number of benzene rings is 4. The van der Waals surface area contributed by atoms with E-state index in [0.29, 0.717) is 15.6 Å². The van der Waals surface area contributed by atoms with Gasteiger partial charge in [0.15, 0.2) is 0 Å². The van der Waals surface area contributed by atoms with Crippen LogP contribution in [0.5, 0.6) is 0 Å². The van der Waals surface area contributed by atoms with E-state index in [1.54, 1.807) is 48.5 Å². The quantitative estimate of drug-likeness (QED) is 0.186. The van der Waals surface area contributed by atoms with Crippen molar-refractivity contribution in [2.24, 2.45) is 0 Å². The fourth-order valence-corrected chi connectivity index (χ4v) is 6.64. The molecule has 2 amide bonds. The molecule has 0 aromatic heterocycles. The van der Waals surface area contributed by atoms with E-state index in [1.807, 2.05) is 64.1 Å². The Bertz CT molecular complexity index is 1740. The largest absolute Gasteiger partial charge is 0.350 e. The SMILES string of the molecule is Cc1ccc(N(CC(=O)N(Cc2cccc(Cl)c2)C(Cc2ccccc2)C(=O)NC(C)(C)C)S(=O)(=O)c2ccccc2)cc1Cl. The Labute approximate surface area is 275 Å². The Balaban J connectivity index is 1.83. The molecule has 0 heterocycles. The fraction of sp³-hybridized carbons (Fsp3) is 0.257. The van der Waals surface area contributed by atoms with E-state index in [4.69, 9.17) is 23.2 Å². The van der Waals surface area contributed by atoms with E-state index in [2.05, 4.69) is 5.32 Å². The van der Waals surface area contributed by atoms with Gasteiger partial charge in [0.2, 0.25) is 11.8 Å². The van der Waals surface area contributed by atoms with Crippen molar-refractivity contribution in [3.05, 3.63) is 130 Å². The number of rotatable bonds is 11. The Hall–Kier alpha value is -3.85. The van der Waals surface area contributed by atoms with Crippen LogP contribution in [0.1, 0.15) is 37.5 Å². The van der Waals surface area contributed by atoms with Gasteiger partial charge >= 0.3 is 0 Å². The van der Waals surface area contributed by atoms with Crippen molar-refractivity contribution in [3.8, 4) is 0 Å². The third kappa shape index (κ3) is 9.10. The first-order valence-corrected chi connectivity index (χ1v) is 16.7. The molecule has 4 aromatic rings. The first kappa shape index (κ1) is 34.0. The van der Waals surface area contributed by atoms with Crippen LogP contribution in [-0.2, 0) is 32.6 Å². The summed E-state index contributed by atoms with van der Waals surface area (Å²) < 4.78 is 29.2. The lowest BCUT2D eigenvalue weighted by molar-refractivity contribution is -0.140. The number of amides is 2. The van der Waals surface area contributed by atoms with Gasteiger partial charge in [-0.1, -0.05) is 89.9 Å². The van der Waals surface area contributed by atoms with Crippen molar-refractivity contribution < 1.29 is 18.0 Å². The van der Waals surface area contributed by atoms with Crippen molar-refractivity contribution in [3.63, 3.8) is 0 Å². The van der Waals surface area contributed by atoms with Gasteiger partial charge in [0.25, 0.3) is 10.0 Å². The number of sulfonamides is 1. The Kier molecular flexibility index (Phi) is 11.0. The van der Waals surface area contributed by atoms with Crippen LogP contribution < -0.4 is 9.62 Å². The van der Waals surface area contributed by atoms with Crippen LogP contribution in [0.4, 0.5) is 5.69 Å². The summed E-state index contributed by atoms with van der Waals surface area (Å²) in [6.45, 7) is 6.84. The highest BCUT2D eigenvalue weighted by atomic mass is 35.5. The predicted octanol–water partition coefficient (Wildman–Crippen LogP) is 7.05. The Morgan fingerprint density at radius 2 is 1.44 bits per heavy atom. The summed E-state index contributed by atoms with van der Waals surface area (Å²) in [5.41, 5.74) is 1.93. The molecule has 4 rings (SSSR count). The first-order valence-electron chi connectivity index (χ1n) is 14.5. The fourth-order valence-electron chi connectivity index (χ4n) is 4.82. The molecule has 7 nitrogen and oxygen atoms in total. The highest BCUT2D eigenvalue weighted by molar-refractivity contribution is 7.92. The van der Waals surface area contributed by atoms with Crippen molar-refractivity contribution in [2.45, 2.75) is 57.1 Å². The van der Waals surface area contributed by atoms with Gasteiger partial charge in [-0.2, -0.15) is 0 Å². The Morgan fingerprint density at radius 1 is 0.822 bits per heavy atom. The zero-order valence-corrected chi connectivity index (χ0v) is 28.0. The van der Waals surface area contributed by atoms with Crippen LogP contribution in [-0.4, -0.2) is 43.3 Å². The summed E-state index contributed by atoms with van der Waals surface area (Å²) in [5, 5.41) is 3.85. The lowest BCUT2D eigenvalue weighted by Gasteiger charge is -2.35. The van der Waals surface area contributed by atoms with Crippen molar-refractivity contribution in [1.29, 1.82) is 0 Å². The van der Waals surface area contributed by atoms with Gasteiger partial charge in [0, 0.05) is 28.5 Å². The second-order valence-electron chi connectivity index (χ2n) is 11.9. The minimum absolute atomic E-state index is 0.0159. The topological polar surface area (TPSA) is 86.8 Å². The maximum Gasteiger partial charge on any atom is 0.264 e. The first-order chi connectivity index (χ1) is 21.2. The maximum absolute atomic E-state index is 14.5. The molecule has 1 unspecified atom stereocenters. The zero-order chi connectivity index (χ0) is 32.8. The highest BCUT2D eigenvalue weighted by Gasteiger charge is 2.35. The van der Waals surface area contributed by atoms with Crippen molar-refractivity contribution >= 4 is 50.7 Å². The van der Waals surface area contributed by atoms with E-state index in [0.717, 1.165) is 15.4 Å². The lowest BCUT2D eigenvalue weighted by Crippen LogP contribution is -2.56. The van der Waals surface area contributed by atoms with Gasteiger partial charge in [-0.25, -0.2) is 8.42 Å². The van der Waals surface area contributed by atoms with Crippen molar-refractivity contribution in [1.82, 2.24) is 10.2 Å². The molecule has 1 atom stereocenters. The third-order valence-electron chi connectivity index (χ3n) is 7.06. The molecule has 1 N–H and O–H groups in total. The average Bonchev–Trinajstić information content (AvgIpc) is 2.99. The molecule has 0 saturated heterocycles. The highest BCUT2D eigenvalue weighted by Crippen LogP contribution is 2.29. The smallest absolute Gasteiger partial charge is 0.264 e. The zero-order valence-electron chi connectivity index (χ0n) is 25.7. The molecule has 0 aliphatic carbocycles. The van der Waals surface area contributed by atoms with Gasteiger partial charge in [-0.15, -0.1) is 0 Å². The van der Waals surface area contributed by atoms with E-state index < -0.39 is 34.1 Å². The predicted molar refractivity (Wildman–Crippen MR) is 181 cm³/mol. The summed E-state index contributed by atoms with van der Waals surface area (Å²) in [5.74, 6) is -0.936.